The summed E-state index contributed by atoms with van der Waals surface area (Å²) in [5.41, 5.74) is -0.422. The van der Waals surface area contributed by atoms with Crippen molar-refractivity contribution < 1.29 is 19.4 Å². The Morgan fingerprint density at radius 1 is 1.46 bits per heavy atom. The van der Waals surface area contributed by atoms with Crippen LogP contribution in [-0.4, -0.2) is 60.2 Å². The van der Waals surface area contributed by atoms with E-state index in [1.54, 1.807) is 7.11 Å². The minimum Gasteiger partial charge on any atom is -0.497 e. The van der Waals surface area contributed by atoms with Crippen molar-refractivity contribution in [2.24, 2.45) is 0 Å². The van der Waals surface area contributed by atoms with E-state index in [0.29, 0.717) is 18.8 Å². The number of aliphatic hydroxyl groups is 1. The molecular formula is C18H25NO4S. The number of carbonyl (C=O) groups is 1. The van der Waals surface area contributed by atoms with Gasteiger partial charge in [-0.05, 0) is 43.9 Å². The van der Waals surface area contributed by atoms with E-state index in [1.165, 1.54) is 11.8 Å². The molecule has 2 aliphatic rings. The van der Waals surface area contributed by atoms with Crippen LogP contribution in [0.3, 0.4) is 0 Å². The molecule has 1 amide bonds. The van der Waals surface area contributed by atoms with Crippen molar-refractivity contribution in [3.8, 4) is 5.75 Å². The number of hydrogen-bond acceptors (Lipinski definition) is 5. The van der Waals surface area contributed by atoms with E-state index in [1.807, 2.05) is 29.2 Å². The number of piperidine rings is 1. The van der Waals surface area contributed by atoms with Crippen molar-refractivity contribution in [1.29, 1.82) is 0 Å². The van der Waals surface area contributed by atoms with E-state index in [0.717, 1.165) is 42.9 Å². The van der Waals surface area contributed by atoms with E-state index < -0.39 is 11.7 Å². The Morgan fingerprint density at radius 3 is 2.96 bits per heavy atom. The number of ether oxygens (including phenoxy) is 2. The predicted octanol–water partition coefficient (Wildman–Crippen LogP) is 2.32. The largest absolute Gasteiger partial charge is 0.497 e. The zero-order chi connectivity index (χ0) is 17.0. The topological polar surface area (TPSA) is 59.0 Å². The summed E-state index contributed by atoms with van der Waals surface area (Å²) in [6.07, 6.45) is 2.78. The lowest BCUT2D eigenvalue weighted by molar-refractivity contribution is -0.179. The Labute approximate surface area is 147 Å². The van der Waals surface area contributed by atoms with Crippen molar-refractivity contribution >= 4 is 17.7 Å². The first-order valence-electron chi connectivity index (χ1n) is 8.50. The zero-order valence-electron chi connectivity index (χ0n) is 14.1. The SMILES string of the molecule is COc1cccc(SCC(=O)N2CCC3(CC2)OCCC[C@H]3O)c1. The third-order valence-corrected chi connectivity index (χ3v) is 5.96. The molecule has 0 saturated carbocycles. The maximum Gasteiger partial charge on any atom is 0.232 e. The highest BCUT2D eigenvalue weighted by Gasteiger charge is 2.44. The molecule has 2 saturated heterocycles. The summed E-state index contributed by atoms with van der Waals surface area (Å²) < 4.78 is 11.1. The highest BCUT2D eigenvalue weighted by atomic mass is 32.2. The molecule has 1 spiro atoms. The molecule has 132 valence electrons. The number of likely N-dealkylation sites (tertiary alicyclic amines) is 1. The number of methoxy groups -OCH3 is 1. The van der Waals surface area contributed by atoms with Gasteiger partial charge in [-0.15, -0.1) is 11.8 Å². The second-order valence-corrected chi connectivity index (χ2v) is 7.47. The third-order valence-electron chi connectivity index (χ3n) is 4.98. The predicted molar refractivity (Wildman–Crippen MR) is 93.5 cm³/mol. The number of benzene rings is 1. The van der Waals surface area contributed by atoms with E-state index in [9.17, 15) is 9.90 Å². The van der Waals surface area contributed by atoms with Crippen LogP contribution in [-0.2, 0) is 9.53 Å². The standard InChI is InChI=1S/C18H25NO4S/c1-22-14-4-2-5-15(12-14)24-13-17(21)19-9-7-18(8-10-19)16(20)6-3-11-23-18/h2,4-5,12,16,20H,3,6-11,13H2,1H3/t16-/m1/s1. The lowest BCUT2D eigenvalue weighted by Crippen LogP contribution is -2.56. The van der Waals surface area contributed by atoms with E-state index in [-0.39, 0.29) is 5.91 Å². The number of aliphatic hydroxyl groups excluding tert-OH is 1. The molecule has 0 bridgehead atoms. The Hall–Kier alpha value is -1.24. The number of carbonyl (C=O) groups excluding carboxylic acids is 1. The molecule has 5 nitrogen and oxygen atoms in total. The summed E-state index contributed by atoms with van der Waals surface area (Å²) in [6, 6.07) is 7.75. The van der Waals surface area contributed by atoms with E-state index in [4.69, 9.17) is 9.47 Å². The van der Waals surface area contributed by atoms with E-state index >= 15 is 0 Å². The molecule has 2 aliphatic heterocycles. The number of thioether (sulfide) groups is 1. The lowest BCUT2D eigenvalue weighted by atomic mass is 9.82. The van der Waals surface area contributed by atoms with Gasteiger partial charge >= 0.3 is 0 Å². The lowest BCUT2D eigenvalue weighted by Gasteiger charge is -2.46. The van der Waals surface area contributed by atoms with Crippen LogP contribution < -0.4 is 4.74 Å². The summed E-state index contributed by atoms with van der Waals surface area (Å²) >= 11 is 1.53. The molecule has 2 heterocycles. The summed E-state index contributed by atoms with van der Waals surface area (Å²) in [6.45, 7) is 2.04. The Morgan fingerprint density at radius 2 is 2.25 bits per heavy atom. The molecule has 0 aliphatic carbocycles. The maximum atomic E-state index is 12.4. The fourth-order valence-corrected chi connectivity index (χ4v) is 4.30. The highest BCUT2D eigenvalue weighted by Crippen LogP contribution is 2.35. The van der Waals surface area contributed by atoms with Gasteiger partial charge in [0.25, 0.3) is 0 Å². The molecular weight excluding hydrogens is 326 g/mol. The van der Waals surface area contributed by atoms with Gasteiger partial charge in [-0.1, -0.05) is 6.07 Å². The van der Waals surface area contributed by atoms with Gasteiger partial charge in [0, 0.05) is 24.6 Å². The molecule has 0 radical (unpaired) electrons. The minimum atomic E-state index is -0.422. The van der Waals surface area contributed by atoms with Gasteiger partial charge in [0.1, 0.15) is 5.75 Å². The van der Waals surface area contributed by atoms with Gasteiger partial charge in [-0.3, -0.25) is 4.79 Å². The fraction of sp³-hybridized carbons (Fsp3) is 0.611. The molecule has 0 aromatic heterocycles. The second-order valence-electron chi connectivity index (χ2n) is 6.42. The summed E-state index contributed by atoms with van der Waals surface area (Å²) in [4.78, 5) is 15.4. The van der Waals surface area contributed by atoms with Crippen molar-refractivity contribution in [3.05, 3.63) is 24.3 Å². The molecule has 1 atom stereocenters. The molecule has 3 rings (SSSR count). The summed E-state index contributed by atoms with van der Waals surface area (Å²) in [5, 5.41) is 10.3. The summed E-state index contributed by atoms with van der Waals surface area (Å²) in [7, 11) is 1.64. The number of rotatable bonds is 4. The van der Waals surface area contributed by atoms with Gasteiger partial charge in [-0.25, -0.2) is 0 Å². The van der Waals surface area contributed by atoms with Gasteiger partial charge in [-0.2, -0.15) is 0 Å². The average molecular weight is 351 g/mol. The molecule has 0 unspecified atom stereocenters. The third kappa shape index (κ3) is 3.87. The molecule has 1 N–H and O–H groups in total. The number of amides is 1. The van der Waals surface area contributed by atoms with Crippen LogP contribution in [0.4, 0.5) is 0 Å². The Kier molecular flexibility index (Phi) is 5.69. The van der Waals surface area contributed by atoms with Crippen molar-refractivity contribution in [2.45, 2.75) is 42.3 Å². The quantitative estimate of drug-likeness (QED) is 0.844. The smallest absolute Gasteiger partial charge is 0.232 e. The highest BCUT2D eigenvalue weighted by molar-refractivity contribution is 8.00. The van der Waals surface area contributed by atoms with Gasteiger partial charge < -0.3 is 19.5 Å². The Bertz CT molecular complexity index is 572. The van der Waals surface area contributed by atoms with Gasteiger partial charge in [0.2, 0.25) is 5.91 Å². The second kappa shape index (κ2) is 7.76. The van der Waals surface area contributed by atoms with Crippen LogP contribution in [0, 0.1) is 0 Å². The first kappa shape index (κ1) is 17.6. The molecule has 1 aromatic rings. The normalized spacial score (nSPS) is 23.2. The Balaban J connectivity index is 1.50. The van der Waals surface area contributed by atoms with E-state index in [2.05, 4.69) is 0 Å². The summed E-state index contributed by atoms with van der Waals surface area (Å²) in [5.74, 6) is 1.36. The molecule has 2 fully saturated rings. The molecule has 6 heteroatoms. The van der Waals surface area contributed by atoms with Crippen molar-refractivity contribution in [1.82, 2.24) is 4.90 Å². The van der Waals surface area contributed by atoms with Crippen molar-refractivity contribution in [2.75, 3.05) is 32.6 Å². The van der Waals surface area contributed by atoms with Crippen LogP contribution in [0.2, 0.25) is 0 Å². The molecule has 1 aromatic carbocycles. The average Bonchev–Trinajstić information content (AvgIpc) is 2.63. The number of hydrogen-bond donors (Lipinski definition) is 1. The van der Waals surface area contributed by atoms with Crippen molar-refractivity contribution in [3.63, 3.8) is 0 Å². The van der Waals surface area contributed by atoms with Crippen LogP contribution in [0.1, 0.15) is 25.7 Å². The van der Waals surface area contributed by atoms with Crippen LogP contribution in [0.5, 0.6) is 5.75 Å². The number of nitrogens with zero attached hydrogens (tertiary/aromatic N) is 1. The van der Waals surface area contributed by atoms with Crippen LogP contribution in [0.25, 0.3) is 0 Å². The van der Waals surface area contributed by atoms with Crippen LogP contribution >= 0.6 is 11.8 Å². The zero-order valence-corrected chi connectivity index (χ0v) is 14.9. The van der Waals surface area contributed by atoms with Crippen LogP contribution in [0.15, 0.2) is 29.2 Å². The maximum absolute atomic E-state index is 12.4. The first-order chi connectivity index (χ1) is 11.6. The fourth-order valence-electron chi connectivity index (χ4n) is 3.45. The first-order valence-corrected chi connectivity index (χ1v) is 9.48. The van der Waals surface area contributed by atoms with Gasteiger partial charge in [0.05, 0.1) is 24.6 Å². The van der Waals surface area contributed by atoms with Gasteiger partial charge in [0.15, 0.2) is 0 Å². The monoisotopic (exact) mass is 351 g/mol. The minimum absolute atomic E-state index is 0.142. The molecule has 24 heavy (non-hydrogen) atoms.